The third-order valence-electron chi connectivity index (χ3n) is 3.58. The third-order valence-corrected chi connectivity index (χ3v) is 3.58. The van der Waals surface area contributed by atoms with Crippen molar-refractivity contribution in [2.45, 2.75) is 32.2 Å². The molecular weight excluding hydrogens is 224 g/mol. The maximum Gasteiger partial charge on any atom is 0.188 e. The average molecular weight is 240 g/mol. The molecule has 0 saturated heterocycles. The van der Waals surface area contributed by atoms with Gasteiger partial charge in [0.25, 0.3) is 0 Å². The van der Waals surface area contributed by atoms with Crippen molar-refractivity contribution in [2.75, 3.05) is 0 Å². The molecule has 0 aliphatic heterocycles. The molecule has 2 aromatic rings. The molecule has 0 amide bonds. The number of Topliss-reactive ketones (excluding diaryl/α,β-unsaturated/α-hetero) is 1. The van der Waals surface area contributed by atoms with Crippen LogP contribution in [0.1, 0.15) is 40.9 Å². The molecule has 1 atom stereocenters. The number of ketones is 1. The van der Waals surface area contributed by atoms with Crippen molar-refractivity contribution in [3.8, 4) is 0 Å². The minimum absolute atomic E-state index is 0.0357. The van der Waals surface area contributed by atoms with E-state index in [4.69, 9.17) is 0 Å². The standard InChI is InChI=1S/C15H16N2O/c1-2-9-17-14(7-8-16-17)15(18)13-10-11-5-3-4-6-12(11)13/h3-8,13H,2,9-10H2,1H3. The summed E-state index contributed by atoms with van der Waals surface area (Å²) in [5.41, 5.74) is 3.24. The fourth-order valence-corrected chi connectivity index (χ4v) is 2.60. The van der Waals surface area contributed by atoms with E-state index in [1.807, 2.05) is 22.9 Å². The van der Waals surface area contributed by atoms with E-state index >= 15 is 0 Å². The lowest BCUT2D eigenvalue weighted by Gasteiger charge is -2.28. The Morgan fingerprint density at radius 1 is 1.39 bits per heavy atom. The number of aryl methyl sites for hydroxylation is 1. The van der Waals surface area contributed by atoms with Crippen molar-refractivity contribution in [1.29, 1.82) is 0 Å². The van der Waals surface area contributed by atoms with Crippen LogP contribution >= 0.6 is 0 Å². The van der Waals surface area contributed by atoms with E-state index in [2.05, 4.69) is 24.2 Å². The Hall–Kier alpha value is -1.90. The van der Waals surface area contributed by atoms with Gasteiger partial charge in [-0.1, -0.05) is 31.2 Å². The van der Waals surface area contributed by atoms with Crippen molar-refractivity contribution < 1.29 is 4.79 Å². The van der Waals surface area contributed by atoms with E-state index in [0.29, 0.717) is 0 Å². The molecular formula is C15H16N2O. The number of fused-ring (bicyclic) bond motifs is 1. The highest BCUT2D eigenvalue weighted by Crippen LogP contribution is 2.37. The third kappa shape index (κ3) is 1.67. The van der Waals surface area contributed by atoms with E-state index in [9.17, 15) is 4.79 Å². The van der Waals surface area contributed by atoms with Crippen LogP contribution in [0.15, 0.2) is 36.5 Å². The van der Waals surface area contributed by atoms with E-state index in [0.717, 1.165) is 25.1 Å². The first-order valence-electron chi connectivity index (χ1n) is 6.45. The number of carbonyl (C=O) groups excluding carboxylic acids is 1. The fraction of sp³-hybridized carbons (Fsp3) is 0.333. The Balaban J connectivity index is 1.87. The zero-order chi connectivity index (χ0) is 12.5. The SMILES string of the molecule is CCCn1nccc1C(=O)C1Cc2ccccc21. The Kier molecular flexibility index (Phi) is 2.74. The zero-order valence-electron chi connectivity index (χ0n) is 10.5. The molecule has 1 aromatic heterocycles. The summed E-state index contributed by atoms with van der Waals surface area (Å²) in [5, 5.41) is 4.22. The van der Waals surface area contributed by atoms with Gasteiger partial charge in [-0.3, -0.25) is 9.48 Å². The Labute approximate surface area is 106 Å². The minimum Gasteiger partial charge on any atom is -0.292 e. The lowest BCUT2D eigenvalue weighted by molar-refractivity contribution is 0.0938. The summed E-state index contributed by atoms with van der Waals surface area (Å²) in [5.74, 6) is 0.244. The van der Waals surface area contributed by atoms with Crippen LogP contribution < -0.4 is 0 Å². The molecule has 0 fully saturated rings. The summed E-state index contributed by atoms with van der Waals surface area (Å²) in [6.45, 7) is 2.90. The number of aromatic nitrogens is 2. The van der Waals surface area contributed by atoms with Crippen LogP contribution in [0.2, 0.25) is 0 Å². The normalized spacial score (nSPS) is 17.1. The second-order valence-corrected chi connectivity index (χ2v) is 4.76. The van der Waals surface area contributed by atoms with E-state index in [1.165, 1.54) is 11.1 Å². The van der Waals surface area contributed by atoms with Gasteiger partial charge in [0.05, 0.1) is 5.92 Å². The van der Waals surface area contributed by atoms with Gasteiger partial charge in [-0.25, -0.2) is 0 Å². The Morgan fingerprint density at radius 2 is 2.22 bits per heavy atom. The fourth-order valence-electron chi connectivity index (χ4n) is 2.60. The summed E-state index contributed by atoms with van der Waals surface area (Å²) in [6.07, 6.45) is 3.57. The molecule has 1 unspecified atom stereocenters. The molecule has 0 N–H and O–H groups in total. The number of benzene rings is 1. The molecule has 18 heavy (non-hydrogen) atoms. The van der Waals surface area contributed by atoms with Crippen molar-refractivity contribution >= 4 is 5.78 Å². The van der Waals surface area contributed by atoms with Gasteiger partial charge in [0.1, 0.15) is 5.69 Å². The second-order valence-electron chi connectivity index (χ2n) is 4.76. The number of hydrogen-bond acceptors (Lipinski definition) is 2. The molecule has 3 nitrogen and oxygen atoms in total. The van der Waals surface area contributed by atoms with Gasteiger partial charge < -0.3 is 0 Å². The van der Waals surface area contributed by atoms with Crippen LogP contribution in [0.3, 0.4) is 0 Å². The number of nitrogens with zero attached hydrogens (tertiary/aromatic N) is 2. The van der Waals surface area contributed by atoms with Crippen LogP contribution in [0.25, 0.3) is 0 Å². The van der Waals surface area contributed by atoms with Gasteiger partial charge in [0.15, 0.2) is 5.78 Å². The number of rotatable bonds is 4. The Bertz CT molecular complexity index is 586. The predicted octanol–water partition coefficient (Wildman–Crippen LogP) is 2.82. The Morgan fingerprint density at radius 3 is 3.00 bits per heavy atom. The maximum absolute atomic E-state index is 12.5. The smallest absolute Gasteiger partial charge is 0.188 e. The largest absolute Gasteiger partial charge is 0.292 e. The molecule has 1 aliphatic carbocycles. The lowest BCUT2D eigenvalue weighted by Crippen LogP contribution is -2.27. The highest BCUT2D eigenvalue weighted by molar-refractivity contribution is 6.01. The van der Waals surface area contributed by atoms with Crippen molar-refractivity contribution in [3.05, 3.63) is 53.3 Å². The summed E-state index contributed by atoms with van der Waals surface area (Å²) < 4.78 is 1.82. The second kappa shape index (κ2) is 4.41. The van der Waals surface area contributed by atoms with Crippen LogP contribution in [0.5, 0.6) is 0 Å². The summed E-state index contributed by atoms with van der Waals surface area (Å²) in [4.78, 5) is 12.5. The number of carbonyl (C=O) groups is 1. The van der Waals surface area contributed by atoms with Crippen LogP contribution in [0.4, 0.5) is 0 Å². The van der Waals surface area contributed by atoms with Crippen molar-refractivity contribution in [3.63, 3.8) is 0 Å². The molecule has 0 saturated carbocycles. The van der Waals surface area contributed by atoms with Gasteiger partial charge in [-0.05, 0) is 30.0 Å². The van der Waals surface area contributed by atoms with Gasteiger partial charge in [-0.2, -0.15) is 5.10 Å². The van der Waals surface area contributed by atoms with Crippen LogP contribution in [-0.4, -0.2) is 15.6 Å². The van der Waals surface area contributed by atoms with Crippen LogP contribution in [-0.2, 0) is 13.0 Å². The van der Waals surface area contributed by atoms with Crippen molar-refractivity contribution in [2.24, 2.45) is 0 Å². The van der Waals surface area contributed by atoms with Gasteiger partial charge >= 0.3 is 0 Å². The average Bonchev–Trinajstić information content (AvgIpc) is 2.79. The van der Waals surface area contributed by atoms with Gasteiger partial charge in [0.2, 0.25) is 0 Å². The van der Waals surface area contributed by atoms with Crippen molar-refractivity contribution in [1.82, 2.24) is 9.78 Å². The highest BCUT2D eigenvalue weighted by Gasteiger charge is 2.33. The summed E-state index contributed by atoms with van der Waals surface area (Å²) in [7, 11) is 0. The van der Waals surface area contributed by atoms with Crippen LogP contribution in [0, 0.1) is 0 Å². The quantitative estimate of drug-likeness (QED) is 0.770. The summed E-state index contributed by atoms with van der Waals surface area (Å²) >= 11 is 0. The molecule has 0 bridgehead atoms. The predicted molar refractivity (Wildman–Crippen MR) is 69.7 cm³/mol. The molecule has 92 valence electrons. The minimum atomic E-state index is 0.0357. The zero-order valence-corrected chi connectivity index (χ0v) is 10.5. The topological polar surface area (TPSA) is 34.9 Å². The van der Waals surface area contributed by atoms with E-state index in [1.54, 1.807) is 6.20 Å². The monoisotopic (exact) mass is 240 g/mol. The van der Waals surface area contributed by atoms with Gasteiger partial charge in [-0.15, -0.1) is 0 Å². The summed E-state index contributed by atoms with van der Waals surface area (Å²) in [6, 6.07) is 10.0. The lowest BCUT2D eigenvalue weighted by atomic mass is 9.74. The molecule has 3 rings (SSSR count). The first kappa shape index (κ1) is 11.2. The number of hydrogen-bond donors (Lipinski definition) is 0. The first-order chi connectivity index (χ1) is 8.81. The highest BCUT2D eigenvalue weighted by atomic mass is 16.1. The molecule has 1 aliphatic rings. The van der Waals surface area contributed by atoms with E-state index < -0.39 is 0 Å². The van der Waals surface area contributed by atoms with E-state index in [-0.39, 0.29) is 11.7 Å². The molecule has 1 heterocycles. The molecule has 0 spiro atoms. The molecule has 0 radical (unpaired) electrons. The molecule has 3 heteroatoms. The first-order valence-corrected chi connectivity index (χ1v) is 6.45. The molecule has 1 aromatic carbocycles. The maximum atomic E-state index is 12.5. The van der Waals surface area contributed by atoms with Gasteiger partial charge in [0, 0.05) is 12.7 Å².